The predicted molar refractivity (Wildman–Crippen MR) is 58.2 cm³/mol. The summed E-state index contributed by atoms with van der Waals surface area (Å²) in [5.41, 5.74) is 0.556. The highest BCUT2D eigenvalue weighted by molar-refractivity contribution is 5.56. The quantitative estimate of drug-likeness (QED) is 0.612. The van der Waals surface area contributed by atoms with Gasteiger partial charge in [-0.3, -0.25) is 4.99 Å². The topological polar surface area (TPSA) is 24.4 Å². The van der Waals surface area contributed by atoms with E-state index in [1.807, 2.05) is 6.34 Å². The van der Waals surface area contributed by atoms with Gasteiger partial charge < -0.3 is 5.32 Å². The molecule has 0 saturated heterocycles. The Bertz CT molecular complexity index is 204. The fraction of sp³-hybridized carbons (Fsp3) is 0.909. The van der Waals surface area contributed by atoms with Gasteiger partial charge in [0.15, 0.2) is 0 Å². The first kappa shape index (κ1) is 10.6. The van der Waals surface area contributed by atoms with Crippen LogP contribution in [0.3, 0.4) is 0 Å². The minimum absolute atomic E-state index is 0.174. The molecular weight excluding hydrogens is 160 g/mol. The molecule has 1 N–H and O–H groups in total. The Morgan fingerprint density at radius 3 is 2.54 bits per heavy atom. The molecule has 0 radical (unpaired) electrons. The van der Waals surface area contributed by atoms with Crippen LogP contribution in [-0.4, -0.2) is 17.9 Å². The van der Waals surface area contributed by atoms with Crippen LogP contribution in [0.1, 0.15) is 47.5 Å². The molecule has 0 saturated carbocycles. The van der Waals surface area contributed by atoms with E-state index in [2.05, 4.69) is 44.9 Å². The lowest BCUT2D eigenvalue weighted by Gasteiger charge is -2.37. The molecule has 0 aromatic heterocycles. The van der Waals surface area contributed by atoms with Crippen LogP contribution >= 0.6 is 0 Å². The van der Waals surface area contributed by atoms with E-state index in [-0.39, 0.29) is 5.54 Å². The highest BCUT2D eigenvalue weighted by Crippen LogP contribution is 2.33. The van der Waals surface area contributed by atoms with Gasteiger partial charge in [0.05, 0.1) is 6.34 Å². The van der Waals surface area contributed by atoms with Crippen LogP contribution in [0.5, 0.6) is 0 Å². The standard InChI is InChI=1S/C11H22N2/c1-9-6-10(2,3)7-11(4,5)13-8-12-9/h8-9H,6-7H2,1-5H3,(H,12,13). The average Bonchev–Trinajstić information content (AvgIpc) is 1.78. The van der Waals surface area contributed by atoms with Crippen LogP contribution < -0.4 is 5.32 Å². The van der Waals surface area contributed by atoms with Gasteiger partial charge in [-0.25, -0.2) is 0 Å². The fourth-order valence-electron chi connectivity index (χ4n) is 2.51. The lowest BCUT2D eigenvalue weighted by atomic mass is 9.76. The third-order valence-electron chi connectivity index (χ3n) is 2.55. The zero-order chi connectivity index (χ0) is 10.1. The van der Waals surface area contributed by atoms with Gasteiger partial charge in [0.2, 0.25) is 0 Å². The number of hydrogen-bond donors (Lipinski definition) is 1. The molecule has 1 rings (SSSR count). The molecule has 2 nitrogen and oxygen atoms in total. The molecule has 1 heterocycles. The van der Waals surface area contributed by atoms with E-state index in [1.54, 1.807) is 0 Å². The Morgan fingerprint density at radius 1 is 1.31 bits per heavy atom. The summed E-state index contributed by atoms with van der Waals surface area (Å²) in [6, 6.07) is 0.443. The van der Waals surface area contributed by atoms with Crippen LogP contribution in [0.2, 0.25) is 0 Å². The molecule has 1 aliphatic heterocycles. The number of rotatable bonds is 0. The molecule has 0 aromatic carbocycles. The molecule has 0 bridgehead atoms. The monoisotopic (exact) mass is 182 g/mol. The smallest absolute Gasteiger partial charge is 0.0831 e. The normalized spacial score (nSPS) is 31.6. The minimum Gasteiger partial charge on any atom is -0.372 e. The Labute approximate surface area is 81.8 Å². The summed E-state index contributed by atoms with van der Waals surface area (Å²) in [6.07, 6.45) is 4.24. The van der Waals surface area contributed by atoms with Gasteiger partial charge in [0, 0.05) is 11.6 Å². The zero-order valence-electron chi connectivity index (χ0n) is 9.52. The summed E-state index contributed by atoms with van der Waals surface area (Å²) in [5, 5.41) is 3.36. The number of nitrogens with one attached hydrogen (secondary N) is 1. The summed E-state index contributed by atoms with van der Waals surface area (Å²) < 4.78 is 0. The molecule has 1 unspecified atom stereocenters. The highest BCUT2D eigenvalue weighted by atomic mass is 15.0. The average molecular weight is 182 g/mol. The van der Waals surface area contributed by atoms with Crippen molar-refractivity contribution in [1.82, 2.24) is 5.32 Å². The first-order chi connectivity index (χ1) is 5.81. The molecule has 13 heavy (non-hydrogen) atoms. The van der Waals surface area contributed by atoms with Gasteiger partial charge in [-0.15, -0.1) is 0 Å². The number of aliphatic imine (C=N–C) groups is 1. The van der Waals surface area contributed by atoms with Crippen LogP contribution in [-0.2, 0) is 0 Å². The number of nitrogens with zero attached hydrogens (tertiary/aromatic N) is 1. The van der Waals surface area contributed by atoms with E-state index in [0.717, 1.165) is 0 Å². The van der Waals surface area contributed by atoms with Gasteiger partial charge in [-0.2, -0.15) is 0 Å². The molecule has 1 atom stereocenters. The van der Waals surface area contributed by atoms with Gasteiger partial charge in [-0.05, 0) is 39.0 Å². The van der Waals surface area contributed by atoms with Crippen molar-refractivity contribution in [3.8, 4) is 0 Å². The van der Waals surface area contributed by atoms with Crippen LogP contribution in [0, 0.1) is 5.41 Å². The SMILES string of the molecule is CC1CC(C)(C)CC(C)(C)NC=N1. The van der Waals surface area contributed by atoms with Crippen molar-refractivity contribution in [1.29, 1.82) is 0 Å². The van der Waals surface area contributed by atoms with E-state index >= 15 is 0 Å². The lowest BCUT2D eigenvalue weighted by Crippen LogP contribution is -2.44. The molecule has 0 amide bonds. The summed E-state index contributed by atoms with van der Waals surface area (Å²) in [5.74, 6) is 0. The van der Waals surface area contributed by atoms with Gasteiger partial charge >= 0.3 is 0 Å². The zero-order valence-corrected chi connectivity index (χ0v) is 9.52. The van der Waals surface area contributed by atoms with E-state index < -0.39 is 0 Å². The third-order valence-corrected chi connectivity index (χ3v) is 2.55. The van der Waals surface area contributed by atoms with Crippen molar-refractivity contribution >= 4 is 6.34 Å². The summed E-state index contributed by atoms with van der Waals surface area (Å²) in [6.45, 7) is 11.3. The van der Waals surface area contributed by atoms with E-state index in [0.29, 0.717) is 11.5 Å². The van der Waals surface area contributed by atoms with Gasteiger partial charge in [-0.1, -0.05) is 13.8 Å². The largest absolute Gasteiger partial charge is 0.372 e. The molecule has 0 aromatic rings. The van der Waals surface area contributed by atoms with Crippen molar-refractivity contribution in [3.63, 3.8) is 0 Å². The second-order valence-corrected chi connectivity index (χ2v) is 5.70. The van der Waals surface area contributed by atoms with E-state index in [4.69, 9.17) is 0 Å². The fourth-order valence-corrected chi connectivity index (χ4v) is 2.51. The molecule has 1 aliphatic rings. The van der Waals surface area contributed by atoms with E-state index in [9.17, 15) is 0 Å². The molecule has 76 valence electrons. The second-order valence-electron chi connectivity index (χ2n) is 5.70. The Hall–Kier alpha value is -0.530. The molecule has 2 heteroatoms. The van der Waals surface area contributed by atoms with Crippen LogP contribution in [0.15, 0.2) is 4.99 Å². The van der Waals surface area contributed by atoms with E-state index in [1.165, 1.54) is 12.8 Å². The summed E-state index contributed by atoms with van der Waals surface area (Å²) in [4.78, 5) is 4.44. The van der Waals surface area contributed by atoms with Crippen LogP contribution in [0.25, 0.3) is 0 Å². The van der Waals surface area contributed by atoms with Crippen molar-refractivity contribution in [3.05, 3.63) is 0 Å². The van der Waals surface area contributed by atoms with Crippen molar-refractivity contribution in [2.75, 3.05) is 0 Å². The van der Waals surface area contributed by atoms with Crippen LogP contribution in [0.4, 0.5) is 0 Å². The van der Waals surface area contributed by atoms with Crippen molar-refractivity contribution in [2.45, 2.75) is 59.0 Å². The summed E-state index contributed by atoms with van der Waals surface area (Å²) >= 11 is 0. The second kappa shape index (κ2) is 3.32. The maximum atomic E-state index is 4.44. The molecular formula is C11H22N2. The predicted octanol–water partition coefficient (Wildman–Crippen LogP) is 2.59. The molecule has 0 fully saturated rings. The molecule has 0 spiro atoms. The van der Waals surface area contributed by atoms with Gasteiger partial charge in [0.25, 0.3) is 0 Å². The third kappa shape index (κ3) is 3.37. The first-order valence-electron chi connectivity index (χ1n) is 5.10. The van der Waals surface area contributed by atoms with Crippen molar-refractivity contribution in [2.24, 2.45) is 10.4 Å². The minimum atomic E-state index is 0.174. The maximum absolute atomic E-state index is 4.44. The Morgan fingerprint density at radius 2 is 1.92 bits per heavy atom. The van der Waals surface area contributed by atoms with Crippen molar-refractivity contribution < 1.29 is 0 Å². The maximum Gasteiger partial charge on any atom is 0.0831 e. The lowest BCUT2D eigenvalue weighted by molar-refractivity contribution is 0.211. The highest BCUT2D eigenvalue weighted by Gasteiger charge is 2.30. The summed E-state index contributed by atoms with van der Waals surface area (Å²) in [7, 11) is 0. The first-order valence-corrected chi connectivity index (χ1v) is 5.10. The number of hydrogen-bond acceptors (Lipinski definition) is 2. The Balaban J connectivity index is 2.78. The Kier molecular flexibility index (Phi) is 2.69. The van der Waals surface area contributed by atoms with Gasteiger partial charge in [0.1, 0.15) is 0 Å². The molecule has 0 aliphatic carbocycles.